The number of imide groups is 1. The highest BCUT2D eigenvalue weighted by molar-refractivity contribution is 6.69. The lowest BCUT2D eigenvalue weighted by Gasteiger charge is -2.22. The number of ether oxygens (including phenoxy) is 1. The molecule has 1 unspecified atom stereocenters. The summed E-state index contributed by atoms with van der Waals surface area (Å²) in [5.74, 6) is 0.182. The predicted molar refractivity (Wildman–Crippen MR) is 81.9 cm³/mol. The molecule has 1 aromatic rings. The third kappa shape index (κ3) is 3.71. The Labute approximate surface area is 126 Å². The van der Waals surface area contributed by atoms with Crippen molar-refractivity contribution in [3.8, 4) is 5.75 Å². The largest absolute Gasteiger partial charge is 0.497 e. The Morgan fingerprint density at radius 2 is 1.86 bits per heavy atom. The van der Waals surface area contributed by atoms with E-state index in [1.807, 2.05) is 19.6 Å². The lowest BCUT2D eigenvalue weighted by atomic mass is 10.2. The summed E-state index contributed by atoms with van der Waals surface area (Å²) in [7, 11) is -0.227. The molecular formula is C15H21NO4Si. The topological polar surface area (TPSA) is 55.8 Å². The van der Waals surface area contributed by atoms with Crippen LogP contribution in [-0.4, -0.2) is 44.8 Å². The number of likely N-dealkylation sites (tertiary alicyclic amines) is 1. The SMILES string of the molecule is COc1ccc(C(=O)N2CCC(O[Si](C)(C)C)C2=O)cc1. The van der Waals surface area contributed by atoms with Crippen LogP contribution >= 0.6 is 0 Å². The molecule has 0 aliphatic carbocycles. The lowest BCUT2D eigenvalue weighted by Crippen LogP contribution is -2.40. The first-order valence-electron chi connectivity index (χ1n) is 6.99. The number of benzene rings is 1. The summed E-state index contributed by atoms with van der Waals surface area (Å²) in [6, 6.07) is 6.76. The fourth-order valence-corrected chi connectivity index (χ4v) is 3.35. The number of amides is 2. The van der Waals surface area contributed by atoms with E-state index in [2.05, 4.69) is 0 Å². The van der Waals surface area contributed by atoms with Crippen molar-refractivity contribution in [2.75, 3.05) is 13.7 Å². The van der Waals surface area contributed by atoms with Crippen LogP contribution < -0.4 is 4.74 Å². The molecule has 1 aromatic carbocycles. The van der Waals surface area contributed by atoms with Gasteiger partial charge >= 0.3 is 0 Å². The first-order chi connectivity index (χ1) is 9.81. The molecule has 114 valence electrons. The van der Waals surface area contributed by atoms with Gasteiger partial charge in [-0.1, -0.05) is 0 Å². The van der Waals surface area contributed by atoms with Gasteiger partial charge in [-0.25, -0.2) is 0 Å². The van der Waals surface area contributed by atoms with Crippen LogP contribution in [0.2, 0.25) is 19.6 Å². The van der Waals surface area contributed by atoms with Crippen LogP contribution in [0, 0.1) is 0 Å². The summed E-state index contributed by atoms with van der Waals surface area (Å²) in [6.45, 7) is 6.52. The second kappa shape index (κ2) is 5.99. The van der Waals surface area contributed by atoms with Crippen molar-refractivity contribution in [2.24, 2.45) is 0 Å². The van der Waals surface area contributed by atoms with Crippen LogP contribution in [0.25, 0.3) is 0 Å². The average Bonchev–Trinajstić information content (AvgIpc) is 2.78. The predicted octanol–water partition coefficient (Wildman–Crippen LogP) is 2.29. The number of nitrogens with zero attached hydrogens (tertiary/aromatic N) is 1. The third-order valence-corrected chi connectivity index (χ3v) is 4.23. The first-order valence-corrected chi connectivity index (χ1v) is 10.4. The molecule has 0 saturated carbocycles. The van der Waals surface area contributed by atoms with E-state index in [9.17, 15) is 9.59 Å². The van der Waals surface area contributed by atoms with Crippen molar-refractivity contribution in [3.63, 3.8) is 0 Å². The monoisotopic (exact) mass is 307 g/mol. The summed E-state index contributed by atoms with van der Waals surface area (Å²) in [5.41, 5.74) is 0.484. The maximum absolute atomic E-state index is 12.4. The maximum atomic E-state index is 12.4. The summed E-state index contributed by atoms with van der Waals surface area (Å²) >= 11 is 0. The Bertz CT molecular complexity index is 536. The quantitative estimate of drug-likeness (QED) is 0.632. The smallest absolute Gasteiger partial charge is 0.260 e. The molecule has 1 heterocycles. The molecule has 0 bridgehead atoms. The van der Waals surface area contributed by atoms with Gasteiger partial charge in [-0.3, -0.25) is 14.5 Å². The van der Waals surface area contributed by atoms with Crippen LogP contribution in [0.4, 0.5) is 0 Å². The number of methoxy groups -OCH3 is 1. The standard InChI is InChI=1S/C15H21NO4Si/c1-19-12-7-5-11(6-8-12)14(17)16-10-9-13(15(16)18)20-21(2,3)4/h5-8,13H,9-10H2,1-4H3. The van der Waals surface area contributed by atoms with Crippen molar-refractivity contribution < 1.29 is 18.8 Å². The van der Waals surface area contributed by atoms with Gasteiger partial charge in [0, 0.05) is 12.1 Å². The van der Waals surface area contributed by atoms with Crippen LogP contribution in [0.1, 0.15) is 16.8 Å². The molecule has 1 fully saturated rings. The zero-order chi connectivity index (χ0) is 15.6. The maximum Gasteiger partial charge on any atom is 0.260 e. The van der Waals surface area contributed by atoms with E-state index >= 15 is 0 Å². The van der Waals surface area contributed by atoms with Crippen LogP contribution in [-0.2, 0) is 9.22 Å². The molecule has 2 rings (SSSR count). The summed E-state index contributed by atoms with van der Waals surface area (Å²) in [5, 5.41) is 0. The highest BCUT2D eigenvalue weighted by atomic mass is 28.4. The van der Waals surface area contributed by atoms with E-state index in [1.165, 1.54) is 4.90 Å². The van der Waals surface area contributed by atoms with Crippen LogP contribution in [0.15, 0.2) is 24.3 Å². The van der Waals surface area contributed by atoms with Gasteiger partial charge in [0.1, 0.15) is 11.9 Å². The summed E-state index contributed by atoms with van der Waals surface area (Å²) < 4.78 is 10.9. The minimum Gasteiger partial charge on any atom is -0.497 e. The van der Waals surface area contributed by atoms with E-state index in [1.54, 1.807) is 31.4 Å². The Hall–Kier alpha value is -1.66. The van der Waals surface area contributed by atoms with Gasteiger partial charge in [-0.05, 0) is 50.3 Å². The van der Waals surface area contributed by atoms with E-state index in [0.717, 1.165) is 0 Å². The molecule has 1 saturated heterocycles. The molecule has 21 heavy (non-hydrogen) atoms. The second-order valence-corrected chi connectivity index (χ2v) is 10.5. The molecule has 2 amide bonds. The highest BCUT2D eigenvalue weighted by Crippen LogP contribution is 2.22. The highest BCUT2D eigenvalue weighted by Gasteiger charge is 2.38. The Balaban J connectivity index is 2.08. The van der Waals surface area contributed by atoms with E-state index < -0.39 is 14.4 Å². The Kier molecular flexibility index (Phi) is 4.48. The molecule has 0 spiro atoms. The molecule has 0 aromatic heterocycles. The van der Waals surface area contributed by atoms with Gasteiger partial charge in [0.2, 0.25) is 0 Å². The van der Waals surface area contributed by atoms with Crippen LogP contribution in [0.3, 0.4) is 0 Å². The fourth-order valence-electron chi connectivity index (χ4n) is 2.28. The summed E-state index contributed by atoms with van der Waals surface area (Å²) in [6.07, 6.45) is 0.101. The zero-order valence-electron chi connectivity index (χ0n) is 12.9. The molecule has 1 atom stereocenters. The number of hydrogen-bond acceptors (Lipinski definition) is 4. The Morgan fingerprint density at radius 1 is 1.24 bits per heavy atom. The van der Waals surface area contributed by atoms with Gasteiger partial charge < -0.3 is 9.16 Å². The molecule has 0 N–H and O–H groups in total. The lowest BCUT2D eigenvalue weighted by molar-refractivity contribution is -0.131. The van der Waals surface area contributed by atoms with Crippen LogP contribution in [0.5, 0.6) is 5.75 Å². The Morgan fingerprint density at radius 3 is 2.38 bits per heavy atom. The van der Waals surface area contributed by atoms with Crippen molar-refractivity contribution in [1.82, 2.24) is 4.90 Å². The third-order valence-electron chi connectivity index (χ3n) is 3.23. The summed E-state index contributed by atoms with van der Waals surface area (Å²) in [4.78, 5) is 26.0. The number of carbonyl (C=O) groups is 2. The van der Waals surface area contributed by atoms with Crippen molar-refractivity contribution in [2.45, 2.75) is 32.2 Å². The van der Waals surface area contributed by atoms with E-state index in [4.69, 9.17) is 9.16 Å². The average molecular weight is 307 g/mol. The minimum atomic E-state index is -1.80. The van der Waals surface area contributed by atoms with Gasteiger partial charge in [0.15, 0.2) is 8.32 Å². The molecule has 1 aliphatic heterocycles. The molecule has 0 radical (unpaired) electrons. The second-order valence-electron chi connectivity index (χ2n) is 6.03. The van der Waals surface area contributed by atoms with Gasteiger partial charge in [0.05, 0.1) is 7.11 Å². The number of rotatable bonds is 4. The molecule has 5 nitrogen and oxygen atoms in total. The van der Waals surface area contributed by atoms with Gasteiger partial charge in [-0.15, -0.1) is 0 Å². The van der Waals surface area contributed by atoms with Crippen molar-refractivity contribution >= 4 is 20.1 Å². The van der Waals surface area contributed by atoms with Crippen molar-refractivity contribution in [3.05, 3.63) is 29.8 Å². The van der Waals surface area contributed by atoms with Gasteiger partial charge in [0.25, 0.3) is 11.8 Å². The fraction of sp³-hybridized carbons (Fsp3) is 0.467. The zero-order valence-corrected chi connectivity index (χ0v) is 13.9. The van der Waals surface area contributed by atoms with E-state index in [-0.39, 0.29) is 11.8 Å². The first kappa shape index (κ1) is 15.7. The molecule has 1 aliphatic rings. The van der Waals surface area contributed by atoms with E-state index in [0.29, 0.717) is 24.3 Å². The number of carbonyl (C=O) groups excluding carboxylic acids is 2. The minimum absolute atomic E-state index is 0.224. The molecular weight excluding hydrogens is 286 g/mol. The normalized spacial score (nSPS) is 19.0. The molecule has 6 heteroatoms. The number of hydrogen-bond donors (Lipinski definition) is 0. The van der Waals surface area contributed by atoms with Gasteiger partial charge in [-0.2, -0.15) is 0 Å². The van der Waals surface area contributed by atoms with Crippen molar-refractivity contribution in [1.29, 1.82) is 0 Å².